The second-order valence-electron chi connectivity index (χ2n) is 4.91. The maximum atomic E-state index is 3.57. The van der Waals surface area contributed by atoms with Crippen LogP contribution in [0.1, 0.15) is 36.8 Å². The first-order valence-corrected chi connectivity index (χ1v) is 7.87. The molecule has 1 aliphatic heterocycles. The van der Waals surface area contributed by atoms with Gasteiger partial charge in [0.2, 0.25) is 0 Å². The van der Waals surface area contributed by atoms with Crippen LogP contribution in [0.4, 0.5) is 0 Å². The molecular weight excluding hydrogens is 226 g/mol. The van der Waals surface area contributed by atoms with Crippen LogP contribution in [0.15, 0.2) is 24.3 Å². The van der Waals surface area contributed by atoms with Crippen molar-refractivity contribution in [2.45, 2.75) is 44.4 Å². The number of thioether (sulfide) groups is 1. The van der Waals surface area contributed by atoms with Crippen LogP contribution in [0.25, 0.3) is 0 Å². The third-order valence-corrected chi connectivity index (χ3v) is 4.61. The Kier molecular flexibility index (Phi) is 5.40. The van der Waals surface area contributed by atoms with Gasteiger partial charge in [0.25, 0.3) is 0 Å². The molecule has 0 aliphatic carbocycles. The Labute approximate surface area is 109 Å². The molecule has 1 N–H and O–H groups in total. The van der Waals surface area contributed by atoms with Gasteiger partial charge in [0.1, 0.15) is 0 Å². The molecule has 1 aromatic rings. The molecule has 1 saturated heterocycles. The van der Waals surface area contributed by atoms with Gasteiger partial charge in [0.15, 0.2) is 0 Å². The maximum absolute atomic E-state index is 3.57. The number of benzene rings is 1. The number of rotatable bonds is 6. The summed E-state index contributed by atoms with van der Waals surface area (Å²) in [6.07, 6.45) is 5.48. The van der Waals surface area contributed by atoms with Crippen LogP contribution in [-0.4, -0.2) is 18.3 Å². The smallest absolute Gasteiger partial charge is 0.0187 e. The lowest BCUT2D eigenvalue weighted by molar-refractivity contribution is 0.553. The van der Waals surface area contributed by atoms with Gasteiger partial charge in [0, 0.05) is 11.8 Å². The second-order valence-corrected chi connectivity index (χ2v) is 6.02. The normalized spacial score (nSPS) is 19.7. The Morgan fingerprint density at radius 3 is 3.00 bits per heavy atom. The minimum Gasteiger partial charge on any atom is -0.314 e. The molecule has 1 heterocycles. The fourth-order valence-electron chi connectivity index (χ4n) is 2.39. The summed E-state index contributed by atoms with van der Waals surface area (Å²) in [7, 11) is 0. The standard InChI is InChI=1S/C15H23NS/c1-13-6-2-3-7-14(13)12-17-11-5-9-15-8-4-10-16-15/h2-3,6-7,15-16H,4-5,8-12H2,1H3. The molecule has 17 heavy (non-hydrogen) atoms. The average Bonchev–Trinajstić information content (AvgIpc) is 2.84. The number of hydrogen-bond acceptors (Lipinski definition) is 2. The van der Waals surface area contributed by atoms with Gasteiger partial charge in [-0.3, -0.25) is 0 Å². The highest BCUT2D eigenvalue weighted by atomic mass is 32.2. The molecule has 0 aromatic heterocycles. The van der Waals surface area contributed by atoms with Crippen LogP contribution in [0.5, 0.6) is 0 Å². The Bertz CT molecular complexity index is 331. The lowest BCUT2D eigenvalue weighted by Crippen LogP contribution is -2.20. The van der Waals surface area contributed by atoms with Crippen molar-refractivity contribution in [1.29, 1.82) is 0 Å². The Hall–Kier alpha value is -0.470. The summed E-state index contributed by atoms with van der Waals surface area (Å²) in [4.78, 5) is 0. The molecule has 0 radical (unpaired) electrons. The zero-order valence-electron chi connectivity index (χ0n) is 10.7. The van der Waals surface area contributed by atoms with Crippen molar-refractivity contribution in [3.63, 3.8) is 0 Å². The summed E-state index contributed by atoms with van der Waals surface area (Å²) in [5.74, 6) is 2.47. The molecule has 2 rings (SSSR count). The molecule has 94 valence electrons. The van der Waals surface area contributed by atoms with Gasteiger partial charge in [0.05, 0.1) is 0 Å². The summed E-state index contributed by atoms with van der Waals surface area (Å²) >= 11 is 2.08. The van der Waals surface area contributed by atoms with E-state index in [2.05, 4.69) is 48.3 Å². The molecule has 1 unspecified atom stereocenters. The molecule has 1 fully saturated rings. The largest absolute Gasteiger partial charge is 0.314 e. The minimum atomic E-state index is 0.814. The number of nitrogens with one attached hydrogen (secondary N) is 1. The quantitative estimate of drug-likeness (QED) is 0.770. The van der Waals surface area contributed by atoms with E-state index in [-0.39, 0.29) is 0 Å². The Balaban J connectivity index is 1.58. The number of hydrogen-bond donors (Lipinski definition) is 1. The topological polar surface area (TPSA) is 12.0 Å². The predicted octanol–water partition coefficient (Wildman–Crippen LogP) is 3.76. The summed E-state index contributed by atoms with van der Waals surface area (Å²) in [6.45, 7) is 3.44. The van der Waals surface area contributed by atoms with Crippen LogP contribution in [0.3, 0.4) is 0 Å². The lowest BCUT2D eigenvalue weighted by Gasteiger charge is -2.09. The van der Waals surface area contributed by atoms with Crippen LogP contribution in [-0.2, 0) is 5.75 Å². The van der Waals surface area contributed by atoms with Gasteiger partial charge in [-0.15, -0.1) is 0 Å². The Morgan fingerprint density at radius 2 is 2.24 bits per heavy atom. The highest BCUT2D eigenvalue weighted by Gasteiger charge is 2.12. The van der Waals surface area contributed by atoms with Gasteiger partial charge < -0.3 is 5.32 Å². The van der Waals surface area contributed by atoms with E-state index >= 15 is 0 Å². The second kappa shape index (κ2) is 7.07. The number of aryl methyl sites for hydroxylation is 1. The SMILES string of the molecule is Cc1ccccc1CSCCCC1CCCN1. The van der Waals surface area contributed by atoms with E-state index < -0.39 is 0 Å². The van der Waals surface area contributed by atoms with Gasteiger partial charge in [-0.05, 0) is 56.0 Å². The van der Waals surface area contributed by atoms with Gasteiger partial charge >= 0.3 is 0 Å². The molecule has 0 bridgehead atoms. The summed E-state index contributed by atoms with van der Waals surface area (Å²) in [5, 5.41) is 3.57. The zero-order valence-corrected chi connectivity index (χ0v) is 11.6. The van der Waals surface area contributed by atoms with Crippen molar-refractivity contribution in [1.82, 2.24) is 5.32 Å². The van der Waals surface area contributed by atoms with E-state index in [1.54, 1.807) is 0 Å². The van der Waals surface area contributed by atoms with E-state index in [1.807, 2.05) is 0 Å². The maximum Gasteiger partial charge on any atom is 0.0187 e. The molecular formula is C15H23NS. The zero-order chi connectivity index (χ0) is 11.9. The first-order chi connectivity index (χ1) is 8.36. The van der Waals surface area contributed by atoms with Crippen molar-refractivity contribution in [2.75, 3.05) is 12.3 Å². The van der Waals surface area contributed by atoms with E-state index in [4.69, 9.17) is 0 Å². The summed E-state index contributed by atoms with van der Waals surface area (Å²) < 4.78 is 0. The van der Waals surface area contributed by atoms with Crippen LogP contribution in [0.2, 0.25) is 0 Å². The molecule has 2 heteroatoms. The van der Waals surface area contributed by atoms with Gasteiger partial charge in [-0.25, -0.2) is 0 Å². The van der Waals surface area contributed by atoms with Crippen molar-refractivity contribution < 1.29 is 0 Å². The van der Waals surface area contributed by atoms with Gasteiger partial charge in [-0.1, -0.05) is 24.3 Å². The van der Waals surface area contributed by atoms with E-state index in [1.165, 1.54) is 54.9 Å². The molecule has 0 spiro atoms. The van der Waals surface area contributed by atoms with Crippen molar-refractivity contribution >= 4 is 11.8 Å². The fourth-order valence-corrected chi connectivity index (χ4v) is 3.45. The highest BCUT2D eigenvalue weighted by molar-refractivity contribution is 7.98. The first kappa shape index (κ1) is 13.0. The predicted molar refractivity (Wildman–Crippen MR) is 77.6 cm³/mol. The average molecular weight is 249 g/mol. The van der Waals surface area contributed by atoms with E-state index in [0.29, 0.717) is 0 Å². The van der Waals surface area contributed by atoms with Crippen LogP contribution in [0, 0.1) is 6.92 Å². The van der Waals surface area contributed by atoms with Crippen molar-refractivity contribution in [3.8, 4) is 0 Å². The highest BCUT2D eigenvalue weighted by Crippen LogP contribution is 2.18. The fraction of sp³-hybridized carbons (Fsp3) is 0.600. The van der Waals surface area contributed by atoms with Crippen molar-refractivity contribution in [2.24, 2.45) is 0 Å². The summed E-state index contributed by atoms with van der Waals surface area (Å²) in [5.41, 5.74) is 2.92. The Morgan fingerprint density at radius 1 is 1.35 bits per heavy atom. The van der Waals surface area contributed by atoms with E-state index in [0.717, 1.165) is 6.04 Å². The summed E-state index contributed by atoms with van der Waals surface area (Å²) in [6, 6.07) is 9.54. The van der Waals surface area contributed by atoms with Gasteiger partial charge in [-0.2, -0.15) is 11.8 Å². The van der Waals surface area contributed by atoms with Crippen molar-refractivity contribution in [3.05, 3.63) is 35.4 Å². The third-order valence-electron chi connectivity index (χ3n) is 3.52. The molecule has 1 nitrogen and oxygen atoms in total. The molecule has 0 saturated carbocycles. The van der Waals surface area contributed by atoms with Crippen LogP contribution < -0.4 is 5.32 Å². The van der Waals surface area contributed by atoms with E-state index in [9.17, 15) is 0 Å². The molecule has 1 aromatic carbocycles. The monoisotopic (exact) mass is 249 g/mol. The lowest BCUT2D eigenvalue weighted by atomic mass is 10.1. The minimum absolute atomic E-state index is 0.814. The molecule has 0 amide bonds. The van der Waals surface area contributed by atoms with Crippen LogP contribution >= 0.6 is 11.8 Å². The molecule has 1 atom stereocenters. The first-order valence-electron chi connectivity index (χ1n) is 6.72. The third kappa shape index (κ3) is 4.36. The molecule has 1 aliphatic rings.